The molecular formula is C21H35IN4O3S. The highest BCUT2D eigenvalue weighted by Gasteiger charge is 2.30. The number of aliphatic imine (C=N–C) groups is 1. The summed E-state index contributed by atoms with van der Waals surface area (Å²) in [5.74, 6) is 1.41. The monoisotopic (exact) mass is 550 g/mol. The molecule has 0 aromatic heterocycles. The fraction of sp³-hybridized carbons (Fsp3) is 0.667. The molecule has 2 saturated heterocycles. The number of hydrogen-bond donors (Lipinski definition) is 2. The van der Waals surface area contributed by atoms with E-state index in [2.05, 4.69) is 39.9 Å². The minimum Gasteiger partial charge on any atom is -0.373 e. The molecule has 2 N–H and O–H groups in total. The van der Waals surface area contributed by atoms with E-state index in [0.717, 1.165) is 38.4 Å². The predicted molar refractivity (Wildman–Crippen MR) is 132 cm³/mol. The zero-order valence-corrected chi connectivity index (χ0v) is 21.1. The summed E-state index contributed by atoms with van der Waals surface area (Å²) in [5.41, 5.74) is 1.22. The molecule has 1 aromatic rings. The van der Waals surface area contributed by atoms with Crippen molar-refractivity contribution in [1.82, 2.24) is 14.9 Å². The summed E-state index contributed by atoms with van der Waals surface area (Å²) in [5, 5.41) is 6.91. The van der Waals surface area contributed by atoms with Gasteiger partial charge in [0.05, 0.1) is 11.9 Å². The molecule has 2 unspecified atom stereocenters. The third-order valence-electron chi connectivity index (χ3n) is 5.75. The third-order valence-corrected chi connectivity index (χ3v) is 7.82. The molecule has 2 aliphatic rings. The number of sulfonamides is 1. The van der Waals surface area contributed by atoms with Gasteiger partial charge < -0.3 is 15.4 Å². The van der Waals surface area contributed by atoms with Crippen molar-refractivity contribution in [3.63, 3.8) is 0 Å². The average molecular weight is 551 g/mol. The van der Waals surface area contributed by atoms with E-state index in [1.54, 1.807) is 11.4 Å². The van der Waals surface area contributed by atoms with Crippen molar-refractivity contribution in [2.75, 3.05) is 39.0 Å². The third kappa shape index (κ3) is 6.80. The van der Waals surface area contributed by atoms with Crippen molar-refractivity contribution in [2.45, 2.75) is 44.8 Å². The first-order valence-electron chi connectivity index (χ1n) is 10.6. The second-order valence-electron chi connectivity index (χ2n) is 7.84. The summed E-state index contributed by atoms with van der Waals surface area (Å²) in [4.78, 5) is 4.36. The number of halogens is 1. The largest absolute Gasteiger partial charge is 0.373 e. The van der Waals surface area contributed by atoms with E-state index in [-0.39, 0.29) is 41.9 Å². The van der Waals surface area contributed by atoms with Crippen LogP contribution in [0.15, 0.2) is 35.3 Å². The van der Waals surface area contributed by atoms with E-state index in [0.29, 0.717) is 25.4 Å². The van der Waals surface area contributed by atoms with Crippen molar-refractivity contribution >= 4 is 40.0 Å². The quantitative estimate of drug-likeness (QED) is 0.310. The lowest BCUT2D eigenvalue weighted by atomic mass is 9.95. The van der Waals surface area contributed by atoms with Crippen LogP contribution < -0.4 is 10.6 Å². The van der Waals surface area contributed by atoms with Crippen LogP contribution in [-0.4, -0.2) is 63.8 Å². The lowest BCUT2D eigenvalue weighted by molar-refractivity contribution is 0.0915. The summed E-state index contributed by atoms with van der Waals surface area (Å²) in [6, 6.07) is 10.6. The van der Waals surface area contributed by atoms with Gasteiger partial charge in [0, 0.05) is 45.2 Å². The topological polar surface area (TPSA) is 83.0 Å². The number of hydrogen-bond acceptors (Lipinski definition) is 4. The van der Waals surface area contributed by atoms with Crippen molar-refractivity contribution in [3.8, 4) is 0 Å². The van der Waals surface area contributed by atoms with E-state index >= 15 is 0 Å². The summed E-state index contributed by atoms with van der Waals surface area (Å²) < 4.78 is 32.0. The van der Waals surface area contributed by atoms with Crippen LogP contribution in [-0.2, 0) is 14.8 Å². The fourth-order valence-electron chi connectivity index (χ4n) is 4.14. The number of benzene rings is 1. The van der Waals surface area contributed by atoms with E-state index in [1.807, 2.05) is 13.0 Å². The normalized spacial score (nSPS) is 23.7. The average Bonchev–Trinajstić information content (AvgIpc) is 3.20. The number of guanidine groups is 1. The predicted octanol–water partition coefficient (Wildman–Crippen LogP) is 2.75. The Labute approximate surface area is 198 Å². The van der Waals surface area contributed by atoms with Crippen molar-refractivity contribution in [3.05, 3.63) is 35.9 Å². The second kappa shape index (κ2) is 12.2. The van der Waals surface area contributed by atoms with Gasteiger partial charge in [-0.05, 0) is 31.2 Å². The molecule has 1 aromatic carbocycles. The summed E-state index contributed by atoms with van der Waals surface area (Å²) in [6.07, 6.45) is 3.39. The van der Waals surface area contributed by atoms with Crippen LogP contribution in [0, 0.1) is 5.92 Å². The minimum atomic E-state index is -3.10. The number of piperidine rings is 1. The minimum absolute atomic E-state index is 0. The van der Waals surface area contributed by atoms with Crippen molar-refractivity contribution < 1.29 is 13.2 Å². The van der Waals surface area contributed by atoms with Gasteiger partial charge in [-0.25, -0.2) is 12.7 Å². The lowest BCUT2D eigenvalue weighted by Crippen LogP contribution is -2.50. The Morgan fingerprint density at radius 1 is 1.20 bits per heavy atom. The number of nitrogens with one attached hydrogen (secondary N) is 2. The number of rotatable bonds is 7. The maximum atomic E-state index is 12.2. The van der Waals surface area contributed by atoms with Crippen LogP contribution in [0.4, 0.5) is 0 Å². The fourth-order valence-corrected chi connectivity index (χ4v) is 5.68. The summed E-state index contributed by atoms with van der Waals surface area (Å²) in [6.45, 7) is 4.62. The first-order chi connectivity index (χ1) is 14.0. The standard InChI is InChI=1S/C21H34N4O3S.HI/c1-3-15-29(26,27)25-12-9-19(10-13-25)24-21(22-2)23-16-18-11-14-28-20(18)17-7-5-4-6-8-17;/h4-8,18-20H,3,9-16H2,1-2H3,(H2,22,23,24);1H. The Bertz CT molecular complexity index is 768. The molecule has 170 valence electrons. The molecule has 9 heteroatoms. The zero-order chi connectivity index (χ0) is 20.7. The van der Waals surface area contributed by atoms with Gasteiger partial charge in [-0.15, -0.1) is 24.0 Å². The Morgan fingerprint density at radius 2 is 1.90 bits per heavy atom. The summed E-state index contributed by atoms with van der Waals surface area (Å²) in [7, 11) is -1.33. The highest BCUT2D eigenvalue weighted by Crippen LogP contribution is 2.33. The van der Waals surface area contributed by atoms with Gasteiger partial charge in [-0.3, -0.25) is 4.99 Å². The molecule has 0 amide bonds. The van der Waals surface area contributed by atoms with Gasteiger partial charge in [0.15, 0.2) is 5.96 Å². The van der Waals surface area contributed by atoms with Crippen LogP contribution in [0.25, 0.3) is 0 Å². The van der Waals surface area contributed by atoms with Gasteiger partial charge in [0.1, 0.15) is 0 Å². The smallest absolute Gasteiger partial charge is 0.214 e. The second-order valence-corrected chi connectivity index (χ2v) is 9.93. The van der Waals surface area contributed by atoms with Crippen LogP contribution in [0.5, 0.6) is 0 Å². The Balaban J connectivity index is 0.00000320. The van der Waals surface area contributed by atoms with E-state index in [4.69, 9.17) is 4.74 Å². The maximum Gasteiger partial charge on any atom is 0.214 e. The highest BCUT2D eigenvalue weighted by atomic mass is 127. The molecule has 3 rings (SSSR count). The molecule has 30 heavy (non-hydrogen) atoms. The van der Waals surface area contributed by atoms with Gasteiger partial charge in [0.25, 0.3) is 0 Å². The van der Waals surface area contributed by atoms with Gasteiger partial charge >= 0.3 is 0 Å². The van der Waals surface area contributed by atoms with Gasteiger partial charge in [-0.2, -0.15) is 0 Å². The summed E-state index contributed by atoms with van der Waals surface area (Å²) >= 11 is 0. The molecule has 2 heterocycles. The van der Waals surface area contributed by atoms with Crippen LogP contribution in [0.1, 0.15) is 44.3 Å². The van der Waals surface area contributed by atoms with E-state index in [1.165, 1.54) is 5.56 Å². The Hall–Kier alpha value is -0.910. The number of nitrogens with zero attached hydrogens (tertiary/aromatic N) is 2. The molecule has 0 bridgehead atoms. The zero-order valence-electron chi connectivity index (χ0n) is 17.9. The molecule has 2 aliphatic heterocycles. The molecule has 0 spiro atoms. The van der Waals surface area contributed by atoms with Gasteiger partial charge in [0.2, 0.25) is 10.0 Å². The Kier molecular flexibility index (Phi) is 10.3. The molecule has 2 fully saturated rings. The lowest BCUT2D eigenvalue weighted by Gasteiger charge is -2.32. The highest BCUT2D eigenvalue weighted by molar-refractivity contribution is 14.0. The SMILES string of the molecule is CCCS(=O)(=O)N1CCC(NC(=NC)NCC2CCOC2c2ccccc2)CC1.I. The molecule has 2 atom stereocenters. The first kappa shape index (κ1) is 25.4. The molecule has 7 nitrogen and oxygen atoms in total. The van der Waals surface area contributed by atoms with Crippen molar-refractivity contribution in [1.29, 1.82) is 0 Å². The Morgan fingerprint density at radius 3 is 2.53 bits per heavy atom. The van der Waals surface area contributed by atoms with Gasteiger partial charge in [-0.1, -0.05) is 37.3 Å². The van der Waals surface area contributed by atoms with E-state index in [9.17, 15) is 8.42 Å². The molecule has 0 aliphatic carbocycles. The number of ether oxygens (including phenoxy) is 1. The van der Waals surface area contributed by atoms with Crippen LogP contribution in [0.2, 0.25) is 0 Å². The molecular weight excluding hydrogens is 515 g/mol. The molecule has 0 radical (unpaired) electrons. The first-order valence-corrected chi connectivity index (χ1v) is 12.3. The van der Waals surface area contributed by atoms with Crippen LogP contribution >= 0.6 is 24.0 Å². The van der Waals surface area contributed by atoms with E-state index < -0.39 is 10.0 Å². The van der Waals surface area contributed by atoms with Crippen molar-refractivity contribution in [2.24, 2.45) is 10.9 Å². The van der Waals surface area contributed by atoms with Crippen LogP contribution in [0.3, 0.4) is 0 Å². The molecule has 0 saturated carbocycles. The maximum absolute atomic E-state index is 12.2.